The molecule has 0 N–H and O–H groups in total. The summed E-state index contributed by atoms with van der Waals surface area (Å²) >= 11 is 0. The van der Waals surface area contributed by atoms with Crippen molar-refractivity contribution < 1.29 is 9.47 Å². The first-order valence-corrected chi connectivity index (χ1v) is 22.9. The van der Waals surface area contributed by atoms with Gasteiger partial charge < -0.3 is 9.47 Å². The van der Waals surface area contributed by atoms with Gasteiger partial charge in [0, 0.05) is 21.6 Å². The Hall–Kier alpha value is -2.40. The molecule has 2 aliphatic carbocycles. The van der Waals surface area contributed by atoms with Gasteiger partial charge in [-0.2, -0.15) is 0 Å². The zero-order chi connectivity index (χ0) is 36.6. The van der Waals surface area contributed by atoms with Crippen LogP contribution in [0.5, 0.6) is 11.5 Å². The van der Waals surface area contributed by atoms with Crippen molar-refractivity contribution in [3.05, 3.63) is 45.2 Å². The molecule has 0 radical (unpaired) electrons. The molecule has 0 saturated carbocycles. The Morgan fingerprint density at radius 3 is 0.865 bits per heavy atom. The first-order chi connectivity index (χ1) is 25.9. The molecule has 2 aliphatic rings. The average molecular weight is 713 g/mol. The molecule has 0 atom stereocenters. The summed E-state index contributed by atoms with van der Waals surface area (Å²) in [5, 5.41) is 2.26. The van der Waals surface area contributed by atoms with Crippen LogP contribution in [0.15, 0.2) is 23.6 Å². The van der Waals surface area contributed by atoms with E-state index in [1.165, 1.54) is 204 Å². The minimum atomic E-state index is 0.742. The molecular formula is C50H80O2. The molecule has 52 heavy (non-hydrogen) atoms. The van der Waals surface area contributed by atoms with Crippen molar-refractivity contribution in [1.82, 2.24) is 0 Å². The number of unbranched alkanes of at least 4 members (excludes halogenated alkanes) is 30. The van der Waals surface area contributed by atoms with Crippen molar-refractivity contribution in [2.24, 2.45) is 0 Å². The number of benzene rings is 1. The molecule has 0 bridgehead atoms. The zero-order valence-electron chi connectivity index (χ0n) is 34.3. The number of rotatable bonds is 36. The summed E-state index contributed by atoms with van der Waals surface area (Å²) < 4.78 is 13.2. The lowest BCUT2D eigenvalue weighted by Crippen LogP contribution is -2.25. The van der Waals surface area contributed by atoms with Gasteiger partial charge in [-0.25, -0.2) is 0 Å². The molecule has 0 unspecified atom stereocenters. The lowest BCUT2D eigenvalue weighted by atomic mass is 9.96. The van der Waals surface area contributed by atoms with E-state index in [2.05, 4.69) is 49.6 Å². The van der Waals surface area contributed by atoms with Gasteiger partial charge >= 0.3 is 0 Å². The van der Waals surface area contributed by atoms with Crippen molar-refractivity contribution in [3.63, 3.8) is 0 Å². The van der Waals surface area contributed by atoms with E-state index in [1.54, 1.807) is 0 Å². The molecular weight excluding hydrogens is 633 g/mol. The fraction of sp³-hybridized carbons (Fsp3) is 0.720. The van der Waals surface area contributed by atoms with E-state index in [9.17, 15) is 0 Å². The minimum absolute atomic E-state index is 0.742. The van der Waals surface area contributed by atoms with Crippen LogP contribution in [0.25, 0.3) is 24.3 Å². The maximum absolute atomic E-state index is 6.61. The maximum atomic E-state index is 6.61. The fourth-order valence-corrected chi connectivity index (χ4v) is 7.88. The standard InChI is InChI=1S/C50H80O2/c1-3-5-7-9-11-13-15-17-19-21-23-25-27-29-31-37-43-51-49-47-41-35-33-39-45(47)46-40-34-36-42-48(46)50(49)52-44-38-32-30-28-26-24-22-20-18-16-14-12-10-8-6-4-2/h35-36,39-42H,3-32,37-38,43-44H2,1-2H3. The van der Waals surface area contributed by atoms with Gasteiger partial charge in [-0.05, 0) is 49.3 Å². The van der Waals surface area contributed by atoms with E-state index in [0.29, 0.717) is 0 Å². The third-order valence-electron chi connectivity index (χ3n) is 11.2. The van der Waals surface area contributed by atoms with Crippen LogP contribution in [-0.2, 0) is 0 Å². The van der Waals surface area contributed by atoms with Gasteiger partial charge in [-0.15, -0.1) is 11.5 Å². The Balaban J connectivity index is 1.29. The van der Waals surface area contributed by atoms with Crippen molar-refractivity contribution >= 4 is 24.3 Å². The lowest BCUT2D eigenvalue weighted by Gasteiger charge is -2.19. The Labute approximate surface area is 322 Å². The van der Waals surface area contributed by atoms with Crippen molar-refractivity contribution in [1.29, 1.82) is 0 Å². The molecule has 2 nitrogen and oxygen atoms in total. The summed E-state index contributed by atoms with van der Waals surface area (Å²) in [5.74, 6) is 1.83. The first kappa shape index (κ1) is 44.0. The second kappa shape index (κ2) is 31.0. The number of hydrogen-bond acceptors (Lipinski definition) is 2. The molecule has 292 valence electrons. The predicted molar refractivity (Wildman–Crippen MR) is 230 cm³/mol. The second-order valence-corrected chi connectivity index (χ2v) is 15.9. The van der Waals surface area contributed by atoms with Crippen LogP contribution in [0.2, 0.25) is 0 Å². The molecule has 0 fully saturated rings. The fourth-order valence-electron chi connectivity index (χ4n) is 7.88. The molecule has 1 aromatic carbocycles. The van der Waals surface area contributed by atoms with E-state index < -0.39 is 0 Å². The molecule has 0 heterocycles. The summed E-state index contributed by atoms with van der Waals surface area (Å²) in [6, 6.07) is 0. The van der Waals surface area contributed by atoms with Crippen LogP contribution in [-0.4, -0.2) is 13.2 Å². The quantitative estimate of drug-likeness (QED) is 0.0509. The SMILES string of the molecule is CCCCCCCCCCCCCCCCCCOc1c(OCCCCCCCCCCCCCCCCCC)c2c(c3c1=CC=C=C3)C=C=CC=2. The highest BCUT2D eigenvalue weighted by Gasteiger charge is 2.18. The molecule has 1 aromatic rings. The van der Waals surface area contributed by atoms with Crippen LogP contribution in [0.4, 0.5) is 0 Å². The highest BCUT2D eigenvalue weighted by Crippen LogP contribution is 2.26. The Morgan fingerprint density at radius 1 is 0.346 bits per heavy atom. The van der Waals surface area contributed by atoms with E-state index >= 15 is 0 Å². The highest BCUT2D eigenvalue weighted by molar-refractivity contribution is 5.77. The van der Waals surface area contributed by atoms with Crippen LogP contribution >= 0.6 is 0 Å². The van der Waals surface area contributed by atoms with Gasteiger partial charge in [0.2, 0.25) is 0 Å². The largest absolute Gasteiger partial charge is 0.489 e. The molecule has 0 aromatic heterocycles. The Morgan fingerprint density at radius 2 is 0.596 bits per heavy atom. The van der Waals surface area contributed by atoms with Crippen LogP contribution in [0, 0.1) is 0 Å². The van der Waals surface area contributed by atoms with Gasteiger partial charge in [-0.1, -0.05) is 206 Å². The van der Waals surface area contributed by atoms with Crippen LogP contribution < -0.4 is 19.9 Å². The highest BCUT2D eigenvalue weighted by atomic mass is 16.5. The van der Waals surface area contributed by atoms with Gasteiger partial charge in [-0.3, -0.25) is 0 Å². The third-order valence-corrected chi connectivity index (χ3v) is 11.2. The third kappa shape index (κ3) is 19.1. The van der Waals surface area contributed by atoms with Crippen molar-refractivity contribution in [3.8, 4) is 11.5 Å². The molecule has 0 saturated heterocycles. The topological polar surface area (TPSA) is 18.5 Å². The normalized spacial score (nSPS) is 12.5. The monoisotopic (exact) mass is 713 g/mol. The van der Waals surface area contributed by atoms with E-state index in [1.807, 2.05) is 12.2 Å². The summed E-state index contributed by atoms with van der Waals surface area (Å²) in [7, 11) is 0. The van der Waals surface area contributed by atoms with Crippen LogP contribution in [0.3, 0.4) is 0 Å². The summed E-state index contributed by atoms with van der Waals surface area (Å²) in [5.41, 5.74) is 8.93. The van der Waals surface area contributed by atoms with E-state index in [0.717, 1.165) is 48.0 Å². The first-order valence-electron chi connectivity index (χ1n) is 22.9. The van der Waals surface area contributed by atoms with Gasteiger partial charge in [0.25, 0.3) is 0 Å². The number of hydrogen-bond donors (Lipinski definition) is 0. The second-order valence-electron chi connectivity index (χ2n) is 15.9. The van der Waals surface area contributed by atoms with Crippen LogP contribution in [0.1, 0.15) is 230 Å². The minimum Gasteiger partial charge on any atom is -0.489 e. The maximum Gasteiger partial charge on any atom is 0.169 e. The smallest absolute Gasteiger partial charge is 0.169 e. The van der Waals surface area contributed by atoms with E-state index in [-0.39, 0.29) is 0 Å². The lowest BCUT2D eigenvalue weighted by molar-refractivity contribution is 0.255. The van der Waals surface area contributed by atoms with Crippen molar-refractivity contribution in [2.45, 2.75) is 219 Å². The molecule has 0 aliphatic heterocycles. The van der Waals surface area contributed by atoms with Gasteiger partial charge in [0.1, 0.15) is 0 Å². The molecule has 2 heteroatoms. The average Bonchev–Trinajstić information content (AvgIpc) is 3.17. The number of allylic oxidation sites excluding steroid dienone is 2. The summed E-state index contributed by atoms with van der Waals surface area (Å²) in [6.45, 7) is 6.09. The van der Waals surface area contributed by atoms with Gasteiger partial charge in [0.15, 0.2) is 11.5 Å². The predicted octanol–water partition coefficient (Wildman–Crippen LogP) is 14.9. The zero-order valence-corrected chi connectivity index (χ0v) is 34.3. The van der Waals surface area contributed by atoms with E-state index in [4.69, 9.17) is 9.47 Å². The van der Waals surface area contributed by atoms with Gasteiger partial charge in [0.05, 0.1) is 13.2 Å². The number of ether oxygens (including phenoxy) is 2. The Bertz CT molecular complexity index is 1200. The summed E-state index contributed by atoms with van der Waals surface area (Å²) in [4.78, 5) is 0. The molecule has 3 rings (SSSR count). The Kier molecular flexibility index (Phi) is 26.2. The number of fused-ring (bicyclic) bond motifs is 3. The molecule has 0 spiro atoms. The molecule has 0 amide bonds. The van der Waals surface area contributed by atoms with Crippen molar-refractivity contribution in [2.75, 3.05) is 13.2 Å². The summed E-state index contributed by atoms with van der Waals surface area (Å²) in [6.07, 6.45) is 56.7.